The number of rotatable bonds is 6. The molecular weight excluding hydrogens is 281 g/mol. The van der Waals surface area contributed by atoms with Crippen LogP contribution in [0.1, 0.15) is 32.3 Å². The van der Waals surface area contributed by atoms with Crippen molar-refractivity contribution in [2.75, 3.05) is 14.1 Å². The first-order valence-electron chi connectivity index (χ1n) is 6.66. The molecule has 1 N–H and O–H groups in total. The number of benzene rings is 1. The number of hydrogen-bond donors (Lipinski definition) is 1. The van der Waals surface area contributed by atoms with Crippen LogP contribution in [0.25, 0.3) is 0 Å². The minimum Gasteiger partial charge on any atom is -0.391 e. The fraction of sp³-hybridized carbons (Fsp3) is 0.600. The minimum absolute atomic E-state index is 0.219. The lowest BCUT2D eigenvalue weighted by Crippen LogP contribution is -2.53. The van der Waals surface area contributed by atoms with Gasteiger partial charge in [0.15, 0.2) is 0 Å². The van der Waals surface area contributed by atoms with E-state index in [2.05, 4.69) is 18.7 Å². The van der Waals surface area contributed by atoms with Gasteiger partial charge in [-0.05, 0) is 44.6 Å². The zero-order valence-corrected chi connectivity index (χ0v) is 13.6. The van der Waals surface area contributed by atoms with Gasteiger partial charge in [0.1, 0.15) is 0 Å². The fourth-order valence-electron chi connectivity index (χ4n) is 2.74. The van der Waals surface area contributed by atoms with E-state index in [1.54, 1.807) is 6.07 Å². The predicted octanol–water partition coefficient (Wildman–Crippen LogP) is 4.02. The van der Waals surface area contributed by atoms with Crippen molar-refractivity contribution in [2.45, 2.75) is 44.8 Å². The Bertz CT molecular complexity index is 417. The van der Waals surface area contributed by atoms with Gasteiger partial charge < -0.3 is 10.0 Å². The zero-order valence-electron chi connectivity index (χ0n) is 12.1. The lowest BCUT2D eigenvalue weighted by atomic mass is 9.82. The molecule has 0 fully saturated rings. The van der Waals surface area contributed by atoms with Crippen molar-refractivity contribution < 1.29 is 5.11 Å². The van der Waals surface area contributed by atoms with Crippen molar-refractivity contribution >= 4 is 23.2 Å². The van der Waals surface area contributed by atoms with E-state index in [1.807, 2.05) is 26.2 Å². The summed E-state index contributed by atoms with van der Waals surface area (Å²) >= 11 is 12.1. The summed E-state index contributed by atoms with van der Waals surface area (Å²) in [7, 11) is 4.03. The molecule has 1 unspecified atom stereocenters. The number of nitrogens with zero attached hydrogens (tertiary/aromatic N) is 1. The largest absolute Gasteiger partial charge is 0.391 e. The molecule has 0 aliphatic rings. The Kier molecular flexibility index (Phi) is 6.13. The van der Waals surface area contributed by atoms with Gasteiger partial charge in [-0.3, -0.25) is 0 Å². The number of hydrogen-bond acceptors (Lipinski definition) is 2. The highest BCUT2D eigenvalue weighted by Gasteiger charge is 2.36. The average molecular weight is 304 g/mol. The van der Waals surface area contributed by atoms with E-state index >= 15 is 0 Å². The Morgan fingerprint density at radius 3 is 2.21 bits per heavy atom. The first-order valence-corrected chi connectivity index (χ1v) is 7.42. The first kappa shape index (κ1) is 16.8. The molecule has 0 aliphatic heterocycles. The maximum atomic E-state index is 10.6. The van der Waals surface area contributed by atoms with E-state index in [-0.39, 0.29) is 5.54 Å². The average Bonchev–Trinajstić information content (AvgIpc) is 2.34. The minimum atomic E-state index is -0.462. The normalized spacial score (nSPS) is 13.9. The molecule has 1 aromatic carbocycles. The molecule has 0 aliphatic carbocycles. The van der Waals surface area contributed by atoms with Crippen molar-refractivity contribution in [2.24, 2.45) is 0 Å². The van der Waals surface area contributed by atoms with E-state index < -0.39 is 6.10 Å². The van der Waals surface area contributed by atoms with Crippen LogP contribution in [0.4, 0.5) is 0 Å². The Balaban J connectivity index is 2.96. The third-order valence-electron chi connectivity index (χ3n) is 4.16. The van der Waals surface area contributed by atoms with Gasteiger partial charge in [0.2, 0.25) is 0 Å². The topological polar surface area (TPSA) is 23.5 Å². The molecule has 4 heteroatoms. The van der Waals surface area contributed by atoms with E-state index in [1.165, 1.54) is 0 Å². The molecule has 1 aromatic rings. The SMILES string of the molecule is CCC(CC)(C(O)Cc1ccc(Cl)cc1Cl)N(C)C. The van der Waals surface area contributed by atoms with Crippen LogP contribution in [0.2, 0.25) is 10.0 Å². The third kappa shape index (κ3) is 3.63. The van der Waals surface area contributed by atoms with Crippen LogP contribution < -0.4 is 0 Å². The summed E-state index contributed by atoms with van der Waals surface area (Å²) in [5.74, 6) is 0. The van der Waals surface area contributed by atoms with Crippen molar-refractivity contribution in [3.63, 3.8) is 0 Å². The number of halogens is 2. The van der Waals surface area contributed by atoms with Crippen LogP contribution in [-0.2, 0) is 6.42 Å². The van der Waals surface area contributed by atoms with Gasteiger partial charge in [-0.25, -0.2) is 0 Å². The molecule has 0 amide bonds. The molecule has 0 radical (unpaired) electrons. The van der Waals surface area contributed by atoms with Crippen molar-refractivity contribution in [3.8, 4) is 0 Å². The van der Waals surface area contributed by atoms with Crippen LogP contribution in [0, 0.1) is 0 Å². The molecule has 0 bridgehead atoms. The summed E-state index contributed by atoms with van der Waals surface area (Å²) in [5, 5.41) is 11.9. The van der Waals surface area contributed by atoms with Crippen LogP contribution in [0.15, 0.2) is 18.2 Å². The summed E-state index contributed by atoms with van der Waals surface area (Å²) in [4.78, 5) is 2.11. The summed E-state index contributed by atoms with van der Waals surface area (Å²) in [6, 6.07) is 5.42. The van der Waals surface area contributed by atoms with Crippen LogP contribution in [0.3, 0.4) is 0 Å². The molecule has 1 rings (SSSR count). The Hall–Kier alpha value is -0.280. The summed E-state index contributed by atoms with van der Waals surface area (Å²) < 4.78 is 0. The predicted molar refractivity (Wildman–Crippen MR) is 83.2 cm³/mol. The quantitative estimate of drug-likeness (QED) is 0.858. The smallest absolute Gasteiger partial charge is 0.0764 e. The standard InChI is InChI=1S/C15H23Cl2NO/c1-5-15(6-2,18(3)4)14(19)9-11-7-8-12(16)10-13(11)17/h7-8,10,14,19H,5-6,9H2,1-4H3. The summed E-state index contributed by atoms with van der Waals surface area (Å²) in [6.07, 6.45) is 1.86. The number of aliphatic hydroxyl groups excluding tert-OH is 1. The van der Waals surface area contributed by atoms with E-state index in [0.717, 1.165) is 18.4 Å². The molecule has 1 atom stereocenters. The molecule has 108 valence electrons. The summed E-state index contributed by atoms with van der Waals surface area (Å²) in [5.41, 5.74) is 0.717. The Morgan fingerprint density at radius 2 is 1.79 bits per heavy atom. The highest BCUT2D eigenvalue weighted by Crippen LogP contribution is 2.30. The second-order valence-corrected chi connectivity index (χ2v) is 6.00. The highest BCUT2D eigenvalue weighted by atomic mass is 35.5. The van der Waals surface area contributed by atoms with E-state index in [9.17, 15) is 5.11 Å². The number of aliphatic hydroxyl groups is 1. The van der Waals surface area contributed by atoms with Crippen molar-refractivity contribution in [1.82, 2.24) is 4.90 Å². The molecular formula is C15H23Cl2NO. The highest BCUT2D eigenvalue weighted by molar-refractivity contribution is 6.35. The Morgan fingerprint density at radius 1 is 1.21 bits per heavy atom. The second-order valence-electron chi connectivity index (χ2n) is 5.16. The fourth-order valence-corrected chi connectivity index (χ4v) is 3.22. The van der Waals surface area contributed by atoms with Crippen molar-refractivity contribution in [1.29, 1.82) is 0 Å². The third-order valence-corrected chi connectivity index (χ3v) is 4.75. The summed E-state index contributed by atoms with van der Waals surface area (Å²) in [6.45, 7) is 4.21. The van der Waals surface area contributed by atoms with Gasteiger partial charge in [-0.1, -0.05) is 43.1 Å². The van der Waals surface area contributed by atoms with E-state index in [4.69, 9.17) is 23.2 Å². The first-order chi connectivity index (χ1) is 8.87. The molecule has 19 heavy (non-hydrogen) atoms. The van der Waals surface area contributed by atoms with Crippen LogP contribution >= 0.6 is 23.2 Å². The zero-order chi connectivity index (χ0) is 14.6. The Labute approximate surface area is 126 Å². The van der Waals surface area contributed by atoms with E-state index in [0.29, 0.717) is 16.5 Å². The molecule has 0 saturated heterocycles. The van der Waals surface area contributed by atoms with Crippen LogP contribution in [-0.4, -0.2) is 35.7 Å². The van der Waals surface area contributed by atoms with Gasteiger partial charge >= 0.3 is 0 Å². The van der Waals surface area contributed by atoms with Gasteiger partial charge in [0, 0.05) is 22.0 Å². The molecule has 0 saturated carbocycles. The van der Waals surface area contributed by atoms with Gasteiger partial charge in [0.05, 0.1) is 6.10 Å². The van der Waals surface area contributed by atoms with Gasteiger partial charge in [-0.2, -0.15) is 0 Å². The molecule has 0 heterocycles. The van der Waals surface area contributed by atoms with Crippen LogP contribution in [0.5, 0.6) is 0 Å². The maximum absolute atomic E-state index is 10.6. The van der Waals surface area contributed by atoms with Gasteiger partial charge in [-0.15, -0.1) is 0 Å². The number of likely N-dealkylation sites (N-methyl/N-ethyl adjacent to an activating group) is 1. The van der Waals surface area contributed by atoms with Gasteiger partial charge in [0.25, 0.3) is 0 Å². The lowest BCUT2D eigenvalue weighted by Gasteiger charge is -2.42. The maximum Gasteiger partial charge on any atom is 0.0764 e. The molecule has 2 nitrogen and oxygen atoms in total. The monoisotopic (exact) mass is 303 g/mol. The molecule has 0 aromatic heterocycles. The second kappa shape index (κ2) is 6.94. The molecule has 0 spiro atoms. The van der Waals surface area contributed by atoms with Crippen molar-refractivity contribution in [3.05, 3.63) is 33.8 Å². The lowest BCUT2D eigenvalue weighted by molar-refractivity contribution is -0.0125.